The van der Waals surface area contributed by atoms with E-state index in [1.165, 1.54) is 24.3 Å². The van der Waals surface area contributed by atoms with Crippen molar-refractivity contribution in [1.29, 1.82) is 0 Å². The molecule has 0 unspecified atom stereocenters. The second-order valence-electron chi connectivity index (χ2n) is 9.32. The highest BCUT2D eigenvalue weighted by Gasteiger charge is 2.42. The van der Waals surface area contributed by atoms with E-state index >= 15 is 0 Å². The first-order valence-corrected chi connectivity index (χ1v) is 12.0. The van der Waals surface area contributed by atoms with Crippen molar-refractivity contribution in [3.8, 4) is 40.1 Å². The Bertz CT molecular complexity index is 1440. The lowest BCUT2D eigenvalue weighted by Gasteiger charge is -2.36. The molecular formula is C25H26O15. The third-order valence-corrected chi connectivity index (χ3v) is 6.56. The van der Waals surface area contributed by atoms with Crippen LogP contribution >= 0.6 is 0 Å². The van der Waals surface area contributed by atoms with Gasteiger partial charge in [-0.1, -0.05) is 0 Å². The number of rotatable bonds is 5. The summed E-state index contributed by atoms with van der Waals surface area (Å²) in [7, 11) is 0. The second-order valence-corrected chi connectivity index (χ2v) is 9.32. The van der Waals surface area contributed by atoms with Crippen molar-refractivity contribution < 1.29 is 69.3 Å². The molecule has 0 bridgehead atoms. The number of hydrogen-bond donors (Lipinski definition) is 9. The number of aliphatic hydroxyl groups is 6. The Balaban J connectivity index is 1.66. The average molecular weight is 566 g/mol. The summed E-state index contributed by atoms with van der Waals surface area (Å²) in [6.45, 7) is -0.962. The SMILES string of the molecule is O=c1cc(-c2ccc(O)cc2)oc2c(O[C@H]3OC[C@@H](O)[C@@H](O)[C@@H]3O)c(O)c(O[C@H]3OC[C@@H](O)[C@@H](O)[C@@H]3O)c(O)c12. The van der Waals surface area contributed by atoms with Gasteiger partial charge in [0.05, 0.1) is 13.2 Å². The summed E-state index contributed by atoms with van der Waals surface area (Å²) < 4.78 is 27.2. The average Bonchev–Trinajstić information content (AvgIpc) is 2.93. The molecule has 2 aliphatic rings. The van der Waals surface area contributed by atoms with Crippen LogP contribution in [0.2, 0.25) is 0 Å². The van der Waals surface area contributed by atoms with Crippen LogP contribution in [-0.2, 0) is 9.47 Å². The molecule has 1 aromatic heterocycles. The van der Waals surface area contributed by atoms with Gasteiger partial charge in [-0.15, -0.1) is 0 Å². The Morgan fingerprint density at radius 1 is 0.700 bits per heavy atom. The van der Waals surface area contributed by atoms with Gasteiger partial charge < -0.3 is 69.3 Å². The third-order valence-electron chi connectivity index (χ3n) is 6.56. The minimum absolute atomic E-state index is 0.0677. The van der Waals surface area contributed by atoms with Crippen molar-refractivity contribution in [1.82, 2.24) is 0 Å². The van der Waals surface area contributed by atoms with Crippen LogP contribution in [0.25, 0.3) is 22.3 Å². The Morgan fingerprint density at radius 2 is 1.23 bits per heavy atom. The molecule has 15 nitrogen and oxygen atoms in total. The lowest BCUT2D eigenvalue weighted by atomic mass is 10.1. The van der Waals surface area contributed by atoms with Crippen LogP contribution in [-0.4, -0.2) is 108 Å². The first-order valence-electron chi connectivity index (χ1n) is 12.0. The van der Waals surface area contributed by atoms with E-state index in [1.807, 2.05) is 0 Å². The standard InChI is InChI=1S/C25H26O15/c26-9-3-1-8(2-4-9)13-5-10(27)14-17(32)22(39-24-18(33)15(30)11(28)6-36-24)20(35)23(21(14)38-13)40-25-19(34)16(31)12(29)7-37-25/h1-5,11-12,15-16,18-19,24-26,28-35H,6-7H2/t11-,12-,15-,16-,18+,19+,24-,25-/m1/s1. The molecule has 0 aliphatic carbocycles. The second kappa shape index (κ2) is 10.7. The first kappa shape index (κ1) is 27.9. The summed E-state index contributed by atoms with van der Waals surface area (Å²) in [4.78, 5) is 13.2. The Morgan fingerprint density at radius 3 is 1.77 bits per heavy atom. The number of phenolic OH excluding ortho intramolecular Hbond substituents is 3. The van der Waals surface area contributed by atoms with Gasteiger partial charge in [0.1, 0.15) is 53.5 Å². The Labute approximate surface area is 223 Å². The number of fused-ring (bicyclic) bond motifs is 1. The predicted octanol–water partition coefficient (Wildman–Crippen LogP) is -1.79. The van der Waals surface area contributed by atoms with Crippen molar-refractivity contribution in [3.05, 3.63) is 40.6 Å². The van der Waals surface area contributed by atoms with Gasteiger partial charge in [0.15, 0.2) is 16.8 Å². The smallest absolute Gasteiger partial charge is 0.229 e. The molecule has 40 heavy (non-hydrogen) atoms. The fourth-order valence-electron chi connectivity index (χ4n) is 4.30. The fraction of sp³-hybridized carbons (Fsp3) is 0.400. The van der Waals surface area contributed by atoms with Crippen molar-refractivity contribution >= 4 is 11.0 Å². The van der Waals surface area contributed by atoms with Crippen molar-refractivity contribution in [2.45, 2.75) is 49.2 Å². The minimum Gasteiger partial charge on any atom is -0.508 e. The molecule has 0 spiro atoms. The molecule has 8 atom stereocenters. The maximum Gasteiger partial charge on any atom is 0.229 e. The summed E-state index contributed by atoms with van der Waals surface area (Å²) in [5.74, 6) is -3.71. The monoisotopic (exact) mass is 566 g/mol. The molecule has 3 aromatic rings. The molecule has 0 radical (unpaired) electrons. The third kappa shape index (κ3) is 4.89. The van der Waals surface area contributed by atoms with Crippen LogP contribution in [0.15, 0.2) is 39.5 Å². The number of aromatic hydroxyl groups is 3. The minimum atomic E-state index is -1.85. The van der Waals surface area contributed by atoms with Crippen LogP contribution in [0.3, 0.4) is 0 Å². The summed E-state index contributed by atoms with van der Waals surface area (Å²) in [5, 5.41) is 91.2. The van der Waals surface area contributed by atoms with Crippen LogP contribution in [0.1, 0.15) is 0 Å². The van der Waals surface area contributed by atoms with Gasteiger partial charge >= 0.3 is 0 Å². The van der Waals surface area contributed by atoms with Gasteiger partial charge in [-0.2, -0.15) is 0 Å². The number of aliphatic hydroxyl groups excluding tert-OH is 6. The molecule has 2 saturated heterocycles. The van der Waals surface area contributed by atoms with Crippen molar-refractivity contribution in [2.75, 3.05) is 13.2 Å². The number of ether oxygens (including phenoxy) is 4. The van der Waals surface area contributed by atoms with Crippen molar-refractivity contribution in [2.24, 2.45) is 0 Å². The molecule has 9 N–H and O–H groups in total. The van der Waals surface area contributed by atoms with E-state index in [0.717, 1.165) is 6.07 Å². The largest absolute Gasteiger partial charge is 0.508 e. The zero-order valence-corrected chi connectivity index (χ0v) is 20.4. The first-order chi connectivity index (χ1) is 19.0. The molecule has 15 heteroatoms. The van der Waals surface area contributed by atoms with Gasteiger partial charge in [0, 0.05) is 11.6 Å². The van der Waals surface area contributed by atoms with E-state index in [4.69, 9.17) is 23.4 Å². The molecule has 3 heterocycles. The van der Waals surface area contributed by atoms with E-state index in [2.05, 4.69) is 0 Å². The molecule has 2 aromatic carbocycles. The summed E-state index contributed by atoms with van der Waals surface area (Å²) in [6.07, 6.45) is -13.5. The van der Waals surface area contributed by atoms with E-state index in [1.54, 1.807) is 0 Å². The normalized spacial score (nSPS) is 30.8. The predicted molar refractivity (Wildman–Crippen MR) is 130 cm³/mol. The van der Waals surface area contributed by atoms with Crippen molar-refractivity contribution in [3.63, 3.8) is 0 Å². The van der Waals surface area contributed by atoms with E-state index < -0.39 is 102 Å². The highest BCUT2D eigenvalue weighted by atomic mass is 16.7. The Hall–Kier alpha value is -3.67. The van der Waals surface area contributed by atoms with Gasteiger partial charge in [-0.3, -0.25) is 4.79 Å². The number of phenols is 3. The summed E-state index contributed by atoms with van der Waals surface area (Å²) in [5.41, 5.74) is -1.10. The fourth-order valence-corrected chi connectivity index (χ4v) is 4.30. The maximum absolute atomic E-state index is 13.2. The van der Waals surface area contributed by atoms with Gasteiger partial charge in [-0.05, 0) is 24.3 Å². The summed E-state index contributed by atoms with van der Waals surface area (Å²) >= 11 is 0. The Kier molecular flexibility index (Phi) is 7.47. The lowest BCUT2D eigenvalue weighted by Crippen LogP contribution is -2.55. The van der Waals surface area contributed by atoms with Crippen LogP contribution in [0.5, 0.6) is 28.7 Å². The molecular weight excluding hydrogens is 540 g/mol. The van der Waals surface area contributed by atoms with E-state index in [-0.39, 0.29) is 11.5 Å². The molecule has 0 amide bonds. The van der Waals surface area contributed by atoms with E-state index in [0.29, 0.717) is 5.56 Å². The van der Waals surface area contributed by atoms with Gasteiger partial charge in [-0.25, -0.2) is 0 Å². The highest BCUT2D eigenvalue weighted by Crippen LogP contribution is 2.51. The molecule has 216 valence electrons. The van der Waals surface area contributed by atoms with Gasteiger partial charge in [0.25, 0.3) is 0 Å². The van der Waals surface area contributed by atoms with Crippen LogP contribution in [0, 0.1) is 0 Å². The van der Waals surface area contributed by atoms with E-state index in [9.17, 15) is 50.8 Å². The van der Waals surface area contributed by atoms with Gasteiger partial charge in [0.2, 0.25) is 29.8 Å². The van der Waals surface area contributed by atoms with Crippen LogP contribution < -0.4 is 14.9 Å². The topological polar surface area (TPSA) is 249 Å². The summed E-state index contributed by atoms with van der Waals surface area (Å²) in [6, 6.07) is 6.48. The zero-order chi connectivity index (χ0) is 28.9. The quantitative estimate of drug-likeness (QED) is 0.165. The number of benzene rings is 2. The molecule has 2 aliphatic heterocycles. The lowest BCUT2D eigenvalue weighted by molar-refractivity contribution is -0.243. The zero-order valence-electron chi connectivity index (χ0n) is 20.4. The molecule has 5 rings (SSSR count). The molecule has 0 saturated carbocycles. The number of hydrogen-bond acceptors (Lipinski definition) is 15. The van der Waals surface area contributed by atoms with Crippen LogP contribution in [0.4, 0.5) is 0 Å². The molecule has 2 fully saturated rings. The maximum atomic E-state index is 13.2. The highest BCUT2D eigenvalue weighted by molar-refractivity contribution is 5.95.